The molecule has 150 valence electrons. The highest BCUT2D eigenvalue weighted by atomic mass is 16.4. The summed E-state index contributed by atoms with van der Waals surface area (Å²) in [6.45, 7) is 0. The van der Waals surface area contributed by atoms with E-state index in [0.29, 0.717) is 22.2 Å². The fourth-order valence-electron chi connectivity index (χ4n) is 3.08. The van der Waals surface area contributed by atoms with Gasteiger partial charge in [-0.05, 0) is 30.2 Å². The molecule has 10 heteroatoms. The number of nitrogens with zero attached hydrogens (tertiary/aromatic N) is 2. The van der Waals surface area contributed by atoms with Crippen molar-refractivity contribution in [3.8, 4) is 0 Å². The van der Waals surface area contributed by atoms with E-state index in [1.165, 1.54) is 12.5 Å². The van der Waals surface area contributed by atoms with Crippen LogP contribution in [-0.2, 0) is 16.0 Å². The number of nitrogens with one attached hydrogen (secondary N) is 2. The van der Waals surface area contributed by atoms with Crippen LogP contribution in [0.25, 0.3) is 22.0 Å². The van der Waals surface area contributed by atoms with Gasteiger partial charge in [-0.25, -0.2) is 4.98 Å². The SMILES string of the molecule is O=C(Nc1cnc2ccccc2n1)C(=O)NC(Cc1coc2ccccc12)B(O)O. The quantitative estimate of drug-likeness (QED) is 0.288. The van der Waals surface area contributed by atoms with Gasteiger partial charge in [-0.3, -0.25) is 14.6 Å². The van der Waals surface area contributed by atoms with Crippen LogP contribution in [-0.4, -0.2) is 44.9 Å². The van der Waals surface area contributed by atoms with E-state index in [0.717, 1.165) is 5.39 Å². The molecular weight excluding hydrogens is 387 g/mol. The van der Waals surface area contributed by atoms with Gasteiger partial charge in [0.05, 0.1) is 29.4 Å². The molecule has 2 amide bonds. The van der Waals surface area contributed by atoms with Gasteiger partial charge >= 0.3 is 18.9 Å². The number of furan rings is 1. The van der Waals surface area contributed by atoms with Crippen molar-refractivity contribution in [2.24, 2.45) is 0 Å². The molecule has 1 atom stereocenters. The molecule has 0 saturated carbocycles. The first-order chi connectivity index (χ1) is 14.5. The van der Waals surface area contributed by atoms with Crippen molar-refractivity contribution in [2.75, 3.05) is 5.32 Å². The largest absolute Gasteiger partial charge is 0.475 e. The van der Waals surface area contributed by atoms with Gasteiger partial charge in [0.15, 0.2) is 5.82 Å². The standard InChI is InChI=1S/C20H17BN4O5/c26-19(20(27)25-18-10-22-14-6-2-3-7-15(14)23-18)24-17(21(28)29)9-12-11-30-16-8-4-1-5-13(12)16/h1-8,10-11,17,28-29H,9H2,(H,24,26)(H,23,25,27). The summed E-state index contributed by atoms with van der Waals surface area (Å²) in [5.41, 5.74) is 2.52. The number of fused-ring (bicyclic) bond motifs is 2. The van der Waals surface area contributed by atoms with Gasteiger partial charge in [-0.15, -0.1) is 0 Å². The molecule has 0 aliphatic rings. The second-order valence-corrected chi connectivity index (χ2v) is 6.65. The Morgan fingerprint density at radius 2 is 1.77 bits per heavy atom. The van der Waals surface area contributed by atoms with Crippen molar-refractivity contribution in [3.05, 3.63) is 66.6 Å². The summed E-state index contributed by atoms with van der Waals surface area (Å²) in [5, 5.41) is 24.8. The van der Waals surface area contributed by atoms with E-state index in [-0.39, 0.29) is 12.2 Å². The maximum absolute atomic E-state index is 12.3. The number of aromatic nitrogens is 2. The van der Waals surface area contributed by atoms with Crippen molar-refractivity contribution >= 4 is 46.8 Å². The number of rotatable bonds is 5. The van der Waals surface area contributed by atoms with Crippen LogP contribution in [0.3, 0.4) is 0 Å². The molecule has 0 radical (unpaired) electrons. The van der Waals surface area contributed by atoms with Crippen molar-refractivity contribution in [1.29, 1.82) is 0 Å². The van der Waals surface area contributed by atoms with E-state index in [4.69, 9.17) is 4.42 Å². The van der Waals surface area contributed by atoms with Gasteiger partial charge in [0.1, 0.15) is 5.58 Å². The molecular formula is C20H17BN4O5. The Labute approximate surface area is 170 Å². The molecule has 30 heavy (non-hydrogen) atoms. The van der Waals surface area contributed by atoms with E-state index >= 15 is 0 Å². The second-order valence-electron chi connectivity index (χ2n) is 6.65. The fourth-order valence-corrected chi connectivity index (χ4v) is 3.08. The highest BCUT2D eigenvalue weighted by Gasteiger charge is 2.29. The Hall–Kier alpha value is -3.76. The average molecular weight is 404 g/mol. The first kappa shape index (κ1) is 19.6. The molecule has 9 nitrogen and oxygen atoms in total. The molecule has 0 saturated heterocycles. The molecule has 2 heterocycles. The number of amides is 2. The normalized spacial score (nSPS) is 11.9. The predicted molar refractivity (Wildman–Crippen MR) is 110 cm³/mol. The molecule has 2 aromatic carbocycles. The van der Waals surface area contributed by atoms with E-state index in [1.807, 2.05) is 24.3 Å². The zero-order valence-electron chi connectivity index (χ0n) is 15.6. The highest BCUT2D eigenvalue weighted by molar-refractivity contribution is 6.46. The Bertz CT molecular complexity index is 1230. The number of carbonyl (C=O) groups is 2. The minimum atomic E-state index is -1.88. The molecule has 0 aliphatic carbocycles. The van der Waals surface area contributed by atoms with Crippen LogP contribution >= 0.6 is 0 Å². The van der Waals surface area contributed by atoms with Crippen LogP contribution < -0.4 is 10.6 Å². The molecule has 0 aliphatic heterocycles. The van der Waals surface area contributed by atoms with Crippen molar-refractivity contribution < 1.29 is 24.1 Å². The van der Waals surface area contributed by atoms with Crippen LogP contribution in [0.5, 0.6) is 0 Å². The number of anilines is 1. The number of hydrogen-bond donors (Lipinski definition) is 4. The predicted octanol–water partition coefficient (Wildman–Crippen LogP) is 1.05. The number of carbonyl (C=O) groups excluding carboxylic acids is 2. The van der Waals surface area contributed by atoms with Crippen LogP contribution in [0.2, 0.25) is 0 Å². The van der Waals surface area contributed by atoms with Gasteiger partial charge in [0, 0.05) is 5.39 Å². The third-order valence-corrected chi connectivity index (χ3v) is 4.57. The van der Waals surface area contributed by atoms with Crippen LogP contribution in [0, 0.1) is 0 Å². The minimum absolute atomic E-state index is 0.0590. The third kappa shape index (κ3) is 4.14. The maximum atomic E-state index is 12.3. The zero-order chi connectivity index (χ0) is 21.1. The molecule has 4 N–H and O–H groups in total. The number of para-hydroxylation sites is 3. The van der Waals surface area contributed by atoms with E-state index in [2.05, 4.69) is 20.6 Å². The van der Waals surface area contributed by atoms with Gasteiger partial charge in [0.25, 0.3) is 0 Å². The Morgan fingerprint density at radius 3 is 2.57 bits per heavy atom. The van der Waals surface area contributed by atoms with Crippen molar-refractivity contribution in [3.63, 3.8) is 0 Å². The Balaban J connectivity index is 1.44. The minimum Gasteiger partial charge on any atom is -0.464 e. The zero-order valence-corrected chi connectivity index (χ0v) is 15.6. The van der Waals surface area contributed by atoms with Gasteiger partial charge in [0.2, 0.25) is 0 Å². The topological polar surface area (TPSA) is 138 Å². The van der Waals surface area contributed by atoms with Gasteiger partial charge < -0.3 is 25.1 Å². The smallest absolute Gasteiger partial charge is 0.464 e. The van der Waals surface area contributed by atoms with Crippen molar-refractivity contribution in [2.45, 2.75) is 12.4 Å². The highest BCUT2D eigenvalue weighted by Crippen LogP contribution is 2.22. The molecule has 4 rings (SSSR count). The van der Waals surface area contributed by atoms with Gasteiger partial charge in [-0.2, -0.15) is 0 Å². The van der Waals surface area contributed by atoms with E-state index < -0.39 is 24.9 Å². The summed E-state index contributed by atoms with van der Waals surface area (Å²) in [4.78, 5) is 32.9. The summed E-state index contributed by atoms with van der Waals surface area (Å²) < 4.78 is 5.43. The Kier molecular flexibility index (Phi) is 5.42. The molecule has 0 fully saturated rings. The number of hydrogen-bond acceptors (Lipinski definition) is 7. The average Bonchev–Trinajstić information content (AvgIpc) is 3.16. The summed E-state index contributed by atoms with van der Waals surface area (Å²) >= 11 is 0. The molecule has 0 spiro atoms. The van der Waals surface area contributed by atoms with E-state index in [9.17, 15) is 19.6 Å². The fraction of sp³-hybridized carbons (Fsp3) is 0.100. The van der Waals surface area contributed by atoms with Crippen molar-refractivity contribution in [1.82, 2.24) is 15.3 Å². The Morgan fingerprint density at radius 1 is 1.03 bits per heavy atom. The summed E-state index contributed by atoms with van der Waals surface area (Å²) in [7, 11) is -1.88. The van der Waals surface area contributed by atoms with Crippen LogP contribution in [0.1, 0.15) is 5.56 Å². The second kappa shape index (κ2) is 8.32. The first-order valence-electron chi connectivity index (χ1n) is 9.16. The lowest BCUT2D eigenvalue weighted by molar-refractivity contribution is -0.136. The molecule has 0 bridgehead atoms. The van der Waals surface area contributed by atoms with Gasteiger partial charge in [-0.1, -0.05) is 30.3 Å². The molecule has 1 unspecified atom stereocenters. The summed E-state index contributed by atoms with van der Waals surface area (Å²) in [6, 6.07) is 14.3. The summed E-state index contributed by atoms with van der Waals surface area (Å²) in [5.74, 6) is -3.04. The lowest BCUT2D eigenvalue weighted by Gasteiger charge is -2.17. The lowest BCUT2D eigenvalue weighted by atomic mass is 9.76. The lowest BCUT2D eigenvalue weighted by Crippen LogP contribution is -2.51. The summed E-state index contributed by atoms with van der Waals surface area (Å²) in [6.07, 6.45) is 2.88. The number of benzene rings is 2. The van der Waals surface area contributed by atoms with E-state index in [1.54, 1.807) is 24.3 Å². The van der Waals surface area contributed by atoms with Crippen LogP contribution in [0.15, 0.2) is 65.4 Å². The molecule has 4 aromatic rings. The monoisotopic (exact) mass is 404 g/mol. The maximum Gasteiger partial charge on any atom is 0.475 e. The third-order valence-electron chi connectivity index (χ3n) is 4.57. The first-order valence-corrected chi connectivity index (χ1v) is 9.16. The molecule has 2 aromatic heterocycles. The van der Waals surface area contributed by atoms with Crippen LogP contribution in [0.4, 0.5) is 5.82 Å².